The van der Waals surface area contributed by atoms with Gasteiger partial charge in [-0.15, -0.1) is 0 Å². The van der Waals surface area contributed by atoms with Crippen LogP contribution in [0.1, 0.15) is 32.6 Å². The van der Waals surface area contributed by atoms with Crippen LogP contribution in [-0.2, 0) is 19.4 Å². The third kappa shape index (κ3) is 4.51. The molecule has 2 aliphatic heterocycles. The molecule has 2 heterocycles. The third-order valence-electron chi connectivity index (χ3n) is 5.70. The van der Waals surface area contributed by atoms with Crippen LogP contribution in [0.5, 0.6) is 0 Å². The molecule has 5 heteroatoms. The zero-order chi connectivity index (χ0) is 20.2. The first-order valence-corrected chi connectivity index (χ1v) is 10.1. The molecule has 0 saturated carbocycles. The number of aliphatic hydroxyl groups is 2. The minimum absolute atomic E-state index is 0.0315. The maximum absolute atomic E-state index is 12.9. The molecule has 0 fully saturated rings. The number of nitrogens with zero attached hydrogens (tertiary/aromatic N) is 2. The molecule has 1 amide bonds. The normalized spacial score (nSPS) is 17.2. The number of β-amino-alcohol motifs (C(OH)–C–C–N with tert-alkyl or cyclic N) is 1. The predicted octanol–water partition coefficient (Wildman–Crippen LogP) is 1.45. The van der Waals surface area contributed by atoms with Gasteiger partial charge < -0.3 is 15.1 Å². The summed E-state index contributed by atoms with van der Waals surface area (Å²) in [5.41, 5.74) is 5.20. The smallest absolute Gasteiger partial charge is 0.254 e. The van der Waals surface area contributed by atoms with Crippen molar-refractivity contribution < 1.29 is 15.0 Å². The molecule has 5 nitrogen and oxygen atoms in total. The number of rotatable bonds is 4. The minimum Gasteiger partial charge on any atom is -0.390 e. The fourth-order valence-corrected chi connectivity index (χ4v) is 4.25. The Kier molecular flexibility index (Phi) is 5.96. The van der Waals surface area contributed by atoms with E-state index in [2.05, 4.69) is 41.0 Å². The van der Waals surface area contributed by atoms with Crippen molar-refractivity contribution in [1.29, 1.82) is 0 Å². The van der Waals surface area contributed by atoms with Gasteiger partial charge in [-0.3, -0.25) is 9.69 Å². The van der Waals surface area contributed by atoms with Gasteiger partial charge in [0.25, 0.3) is 5.91 Å². The maximum atomic E-state index is 12.9. The van der Waals surface area contributed by atoms with E-state index < -0.39 is 6.10 Å². The van der Waals surface area contributed by atoms with Gasteiger partial charge in [0.1, 0.15) is 6.61 Å². The molecule has 0 spiro atoms. The van der Waals surface area contributed by atoms with Crippen LogP contribution in [0.4, 0.5) is 0 Å². The van der Waals surface area contributed by atoms with E-state index in [9.17, 15) is 9.90 Å². The lowest BCUT2D eigenvalue weighted by molar-refractivity contribution is 0.0493. The summed E-state index contributed by atoms with van der Waals surface area (Å²) in [4.78, 5) is 16.9. The molecule has 0 aromatic heterocycles. The number of hydrogen-bond donors (Lipinski definition) is 2. The summed E-state index contributed by atoms with van der Waals surface area (Å²) in [6.45, 7) is 3.13. The molecule has 0 aliphatic carbocycles. The largest absolute Gasteiger partial charge is 0.390 e. The lowest BCUT2D eigenvalue weighted by atomic mass is 9.96. The molecule has 2 N–H and O–H groups in total. The summed E-state index contributed by atoms with van der Waals surface area (Å²) in [6.07, 6.45) is 1.18. The first kappa shape index (κ1) is 19.7. The first-order chi connectivity index (χ1) is 14.1. The topological polar surface area (TPSA) is 64.0 Å². The predicted molar refractivity (Wildman–Crippen MR) is 111 cm³/mol. The molecule has 2 aromatic rings. The number of carbonyl (C=O) groups excluding carboxylic acids is 1. The summed E-state index contributed by atoms with van der Waals surface area (Å²) in [7, 11) is 0. The molecule has 0 bridgehead atoms. The second-order valence-corrected chi connectivity index (χ2v) is 7.74. The second-order valence-electron chi connectivity index (χ2n) is 7.74. The molecule has 2 aliphatic rings. The Hall–Kier alpha value is -2.65. The van der Waals surface area contributed by atoms with Crippen molar-refractivity contribution in [2.45, 2.75) is 25.5 Å². The molecule has 4 rings (SSSR count). The van der Waals surface area contributed by atoms with Crippen molar-refractivity contribution in [3.63, 3.8) is 0 Å². The van der Waals surface area contributed by atoms with Crippen molar-refractivity contribution in [2.24, 2.45) is 0 Å². The Morgan fingerprint density at radius 2 is 1.79 bits per heavy atom. The van der Waals surface area contributed by atoms with E-state index in [1.165, 1.54) is 11.1 Å². The van der Waals surface area contributed by atoms with Crippen molar-refractivity contribution in [2.75, 3.05) is 32.8 Å². The molecule has 150 valence electrons. The van der Waals surface area contributed by atoms with Crippen LogP contribution in [0.15, 0.2) is 42.5 Å². The highest BCUT2D eigenvalue weighted by Crippen LogP contribution is 2.22. The second kappa shape index (κ2) is 8.79. The molecule has 0 saturated heterocycles. The fourth-order valence-electron chi connectivity index (χ4n) is 4.25. The summed E-state index contributed by atoms with van der Waals surface area (Å²) >= 11 is 0. The van der Waals surface area contributed by atoms with Crippen molar-refractivity contribution in [3.8, 4) is 11.8 Å². The molecular weight excluding hydrogens is 364 g/mol. The maximum Gasteiger partial charge on any atom is 0.254 e. The van der Waals surface area contributed by atoms with Crippen LogP contribution >= 0.6 is 0 Å². The van der Waals surface area contributed by atoms with Crippen LogP contribution in [0.3, 0.4) is 0 Å². The highest BCUT2D eigenvalue weighted by molar-refractivity contribution is 5.97. The van der Waals surface area contributed by atoms with Crippen molar-refractivity contribution in [1.82, 2.24) is 9.80 Å². The third-order valence-corrected chi connectivity index (χ3v) is 5.70. The zero-order valence-electron chi connectivity index (χ0n) is 16.5. The van der Waals surface area contributed by atoms with Gasteiger partial charge in [-0.2, -0.15) is 0 Å². The highest BCUT2D eigenvalue weighted by Gasteiger charge is 2.27. The molecule has 29 heavy (non-hydrogen) atoms. The summed E-state index contributed by atoms with van der Waals surface area (Å²) in [5, 5.41) is 19.5. The Labute approximate surface area is 171 Å². The van der Waals surface area contributed by atoms with Crippen molar-refractivity contribution >= 4 is 5.91 Å². The van der Waals surface area contributed by atoms with E-state index >= 15 is 0 Å². The van der Waals surface area contributed by atoms with Crippen LogP contribution in [-0.4, -0.2) is 64.8 Å². The Bertz CT molecular complexity index is 960. The standard InChI is InChI=1S/C24H26N2O3/c27-13-3-4-18-7-8-23-20(14-18)10-12-26(24(23)29)17-22(28)16-25-11-9-19-5-1-2-6-21(19)15-25/h1-2,5-8,14,22,27-28H,9-13,15-17H2/t22-/m1/s1. The summed E-state index contributed by atoms with van der Waals surface area (Å²) < 4.78 is 0. The number of fused-ring (bicyclic) bond motifs is 2. The fraction of sp³-hybridized carbons (Fsp3) is 0.375. The zero-order valence-corrected chi connectivity index (χ0v) is 16.5. The Morgan fingerprint density at radius 3 is 2.62 bits per heavy atom. The van der Waals surface area contributed by atoms with E-state index in [1.807, 2.05) is 12.1 Å². The summed E-state index contributed by atoms with van der Waals surface area (Å²) in [6, 6.07) is 14.0. The van der Waals surface area contributed by atoms with E-state index in [1.54, 1.807) is 11.0 Å². The Morgan fingerprint density at radius 1 is 1.00 bits per heavy atom. The molecule has 2 aromatic carbocycles. The van der Waals surface area contributed by atoms with Gasteiger partial charge >= 0.3 is 0 Å². The lowest BCUT2D eigenvalue weighted by Crippen LogP contribution is -2.46. The minimum atomic E-state index is -0.569. The number of hydrogen-bond acceptors (Lipinski definition) is 4. The van der Waals surface area contributed by atoms with Gasteiger partial charge in [0.2, 0.25) is 0 Å². The molecule has 1 atom stereocenters. The summed E-state index contributed by atoms with van der Waals surface area (Å²) in [5.74, 6) is 5.49. The van der Waals surface area contributed by atoms with Gasteiger partial charge in [0.05, 0.1) is 6.10 Å². The first-order valence-electron chi connectivity index (χ1n) is 10.1. The van der Waals surface area contributed by atoms with Crippen LogP contribution in [0, 0.1) is 11.8 Å². The molecular formula is C24H26N2O3. The highest BCUT2D eigenvalue weighted by atomic mass is 16.3. The van der Waals surface area contributed by atoms with Gasteiger partial charge in [-0.05, 0) is 47.7 Å². The van der Waals surface area contributed by atoms with Gasteiger partial charge in [-0.1, -0.05) is 36.1 Å². The number of aliphatic hydroxyl groups excluding tert-OH is 2. The van der Waals surface area contributed by atoms with Gasteiger partial charge in [0, 0.05) is 43.9 Å². The number of benzene rings is 2. The van der Waals surface area contributed by atoms with Gasteiger partial charge in [-0.25, -0.2) is 0 Å². The quantitative estimate of drug-likeness (QED) is 0.776. The Balaban J connectivity index is 1.36. The van der Waals surface area contributed by atoms with Crippen molar-refractivity contribution in [3.05, 3.63) is 70.3 Å². The number of amides is 1. The van der Waals surface area contributed by atoms with Gasteiger partial charge in [0.15, 0.2) is 0 Å². The lowest BCUT2D eigenvalue weighted by Gasteiger charge is -2.34. The molecule has 0 unspecified atom stereocenters. The van der Waals surface area contributed by atoms with E-state index in [4.69, 9.17) is 5.11 Å². The number of carbonyl (C=O) groups is 1. The SMILES string of the molecule is O=C1c2ccc(C#CCO)cc2CCN1C[C@H](O)CN1CCc2ccccc2C1. The van der Waals surface area contributed by atoms with E-state index in [0.717, 1.165) is 37.1 Å². The average molecular weight is 390 g/mol. The molecule has 0 radical (unpaired) electrons. The average Bonchev–Trinajstić information content (AvgIpc) is 2.74. The monoisotopic (exact) mass is 390 g/mol. The van der Waals surface area contributed by atoms with Crippen LogP contribution in [0.25, 0.3) is 0 Å². The van der Waals surface area contributed by atoms with E-state index in [0.29, 0.717) is 25.2 Å². The van der Waals surface area contributed by atoms with Crippen LogP contribution in [0.2, 0.25) is 0 Å². The van der Waals surface area contributed by atoms with E-state index in [-0.39, 0.29) is 12.5 Å². The van der Waals surface area contributed by atoms with Crippen LogP contribution < -0.4 is 0 Å².